The fourth-order valence-electron chi connectivity index (χ4n) is 5.73. The number of carbonyl (C=O) groups is 1. The fraction of sp³-hybridized carbons (Fsp3) is 0.857. The molecule has 3 saturated carbocycles. The number of fused-ring (bicyclic) bond motifs is 2. The van der Waals surface area contributed by atoms with E-state index >= 15 is 0 Å². The maximum absolute atomic E-state index is 13.0. The summed E-state index contributed by atoms with van der Waals surface area (Å²) >= 11 is 0. The first-order chi connectivity index (χ1) is 12.5. The Morgan fingerprint density at radius 1 is 0.962 bits per heavy atom. The molecule has 0 aromatic rings. The normalized spacial score (nSPS) is 32.5. The van der Waals surface area contributed by atoms with Gasteiger partial charge in [0.25, 0.3) is 0 Å². The molecule has 0 heterocycles. The third-order valence-corrected chi connectivity index (χ3v) is 9.43. The lowest BCUT2D eigenvalue weighted by molar-refractivity contribution is -0.137. The molecule has 3 fully saturated rings. The standard InChI is InChI=1S/C21H34O4S/c22-21(23)11-7-2-1-6-10-19-16-12-13-17(14-16)20(19)15-26(24,25)18-8-4-3-5-9-18/h1,6,16-20H,2-5,7-15H2,(H,22,23)/t16-,17+,19-,20+/m0/s1. The average Bonchev–Trinajstić information content (AvgIpc) is 3.20. The average molecular weight is 383 g/mol. The van der Waals surface area contributed by atoms with Crippen molar-refractivity contribution in [3.05, 3.63) is 12.2 Å². The van der Waals surface area contributed by atoms with Gasteiger partial charge in [-0.1, -0.05) is 31.4 Å². The first kappa shape index (κ1) is 19.9. The lowest BCUT2D eigenvalue weighted by Crippen LogP contribution is -2.34. The van der Waals surface area contributed by atoms with Crippen LogP contribution in [0, 0.1) is 23.7 Å². The van der Waals surface area contributed by atoms with Crippen molar-refractivity contribution < 1.29 is 18.3 Å². The predicted octanol–water partition coefficient (Wildman–Crippen LogP) is 4.60. The molecule has 0 unspecified atom stereocenters. The number of aliphatic carboxylic acids is 1. The van der Waals surface area contributed by atoms with Gasteiger partial charge in [-0.05, 0) is 75.0 Å². The van der Waals surface area contributed by atoms with Crippen LogP contribution < -0.4 is 0 Å². The van der Waals surface area contributed by atoms with E-state index in [4.69, 9.17) is 5.11 Å². The van der Waals surface area contributed by atoms with Crippen LogP contribution in [0.25, 0.3) is 0 Å². The number of carboxylic acid groups (broad SMARTS) is 1. The highest BCUT2D eigenvalue weighted by Gasteiger charge is 2.48. The van der Waals surface area contributed by atoms with Gasteiger partial charge in [0.2, 0.25) is 0 Å². The Hall–Kier alpha value is -0.840. The highest BCUT2D eigenvalue weighted by Crippen LogP contribution is 2.54. The van der Waals surface area contributed by atoms with E-state index in [0.29, 0.717) is 35.8 Å². The van der Waals surface area contributed by atoms with Crippen LogP contribution in [-0.4, -0.2) is 30.5 Å². The van der Waals surface area contributed by atoms with E-state index in [1.807, 2.05) is 0 Å². The summed E-state index contributed by atoms with van der Waals surface area (Å²) in [7, 11) is -2.96. The van der Waals surface area contributed by atoms with Gasteiger partial charge in [-0.2, -0.15) is 0 Å². The topological polar surface area (TPSA) is 71.4 Å². The number of sulfone groups is 1. The summed E-state index contributed by atoms with van der Waals surface area (Å²) in [6.45, 7) is 0. The Bertz CT molecular complexity index is 604. The highest BCUT2D eigenvalue weighted by atomic mass is 32.2. The fourth-order valence-corrected chi connectivity index (χ4v) is 8.11. The third-order valence-electron chi connectivity index (χ3n) is 7.10. The van der Waals surface area contributed by atoms with Gasteiger partial charge in [0, 0.05) is 6.42 Å². The van der Waals surface area contributed by atoms with Crippen LogP contribution >= 0.6 is 0 Å². The van der Waals surface area contributed by atoms with E-state index in [1.54, 1.807) is 0 Å². The van der Waals surface area contributed by atoms with Crippen LogP contribution in [0.5, 0.6) is 0 Å². The number of hydrogen-bond donors (Lipinski definition) is 1. The first-order valence-corrected chi connectivity index (χ1v) is 12.3. The number of hydrogen-bond acceptors (Lipinski definition) is 3. The molecule has 148 valence electrons. The van der Waals surface area contributed by atoms with Gasteiger partial charge in [-0.25, -0.2) is 8.42 Å². The molecule has 3 aliphatic rings. The molecular weight excluding hydrogens is 348 g/mol. The molecule has 4 atom stereocenters. The predicted molar refractivity (Wildman–Crippen MR) is 104 cm³/mol. The zero-order valence-corrected chi connectivity index (χ0v) is 16.6. The van der Waals surface area contributed by atoms with Crippen molar-refractivity contribution in [1.29, 1.82) is 0 Å². The summed E-state index contributed by atoms with van der Waals surface area (Å²) in [5.41, 5.74) is 0. The number of rotatable bonds is 9. The Morgan fingerprint density at radius 2 is 1.65 bits per heavy atom. The summed E-state index contributed by atoms with van der Waals surface area (Å²) in [4.78, 5) is 10.6. The molecule has 0 saturated heterocycles. The van der Waals surface area contributed by atoms with Crippen molar-refractivity contribution in [2.75, 3.05) is 5.75 Å². The molecule has 3 rings (SSSR count). The van der Waals surface area contributed by atoms with Crippen molar-refractivity contribution in [2.24, 2.45) is 23.7 Å². The first-order valence-electron chi connectivity index (χ1n) is 10.6. The second-order valence-corrected chi connectivity index (χ2v) is 11.1. The van der Waals surface area contributed by atoms with Crippen LogP contribution in [0.4, 0.5) is 0 Å². The quantitative estimate of drug-likeness (QED) is 0.467. The molecule has 0 amide bonds. The van der Waals surface area contributed by atoms with Gasteiger partial charge in [-0.15, -0.1) is 0 Å². The maximum Gasteiger partial charge on any atom is 0.303 e. The van der Waals surface area contributed by atoms with Crippen LogP contribution in [0.3, 0.4) is 0 Å². The van der Waals surface area contributed by atoms with Crippen LogP contribution in [-0.2, 0) is 14.6 Å². The second kappa shape index (κ2) is 8.90. The van der Waals surface area contributed by atoms with E-state index in [1.165, 1.54) is 25.7 Å². The Kier molecular flexibility index (Phi) is 6.81. The number of unbranched alkanes of at least 4 members (excludes halogenated alkanes) is 1. The minimum Gasteiger partial charge on any atom is -0.481 e. The second-order valence-electron chi connectivity index (χ2n) is 8.74. The minimum atomic E-state index is -2.96. The molecule has 2 bridgehead atoms. The molecule has 0 spiro atoms. The number of carboxylic acids is 1. The monoisotopic (exact) mass is 382 g/mol. The maximum atomic E-state index is 13.0. The van der Waals surface area contributed by atoms with Crippen molar-refractivity contribution in [2.45, 2.75) is 82.3 Å². The van der Waals surface area contributed by atoms with Crippen molar-refractivity contribution in [3.8, 4) is 0 Å². The summed E-state index contributed by atoms with van der Waals surface area (Å²) in [5, 5.41) is 8.60. The largest absolute Gasteiger partial charge is 0.481 e. The summed E-state index contributed by atoms with van der Waals surface area (Å²) in [5.74, 6) is 1.86. The third kappa shape index (κ3) is 4.90. The summed E-state index contributed by atoms with van der Waals surface area (Å²) in [6, 6.07) is 0. The van der Waals surface area contributed by atoms with E-state index < -0.39 is 15.8 Å². The highest BCUT2D eigenvalue weighted by molar-refractivity contribution is 7.92. The molecule has 1 N–H and O–H groups in total. The van der Waals surface area contributed by atoms with Gasteiger partial charge < -0.3 is 5.11 Å². The van der Waals surface area contributed by atoms with Crippen molar-refractivity contribution in [1.82, 2.24) is 0 Å². The summed E-state index contributed by atoms with van der Waals surface area (Å²) < 4.78 is 25.9. The van der Waals surface area contributed by atoms with Crippen molar-refractivity contribution >= 4 is 15.8 Å². The molecule has 0 aliphatic heterocycles. The van der Waals surface area contributed by atoms with Crippen LogP contribution in [0.15, 0.2) is 12.2 Å². The zero-order chi connectivity index (χ0) is 18.6. The molecule has 5 heteroatoms. The Labute approximate surface area is 158 Å². The SMILES string of the molecule is O=C(O)CCCC=CC[C@H]1[C@H]2CC[C@H](C2)[C@H]1CS(=O)(=O)C1CCCCC1. The van der Waals surface area contributed by atoms with Gasteiger partial charge in [0.05, 0.1) is 11.0 Å². The van der Waals surface area contributed by atoms with Crippen LogP contribution in [0.1, 0.15) is 77.0 Å². The van der Waals surface area contributed by atoms with Gasteiger partial charge in [-0.3, -0.25) is 4.79 Å². The Morgan fingerprint density at radius 3 is 2.35 bits per heavy atom. The molecular formula is C21H34O4S. The van der Waals surface area contributed by atoms with Gasteiger partial charge in [0.15, 0.2) is 9.84 Å². The Balaban J connectivity index is 1.55. The smallest absolute Gasteiger partial charge is 0.303 e. The zero-order valence-electron chi connectivity index (χ0n) is 15.8. The van der Waals surface area contributed by atoms with E-state index in [2.05, 4.69) is 12.2 Å². The van der Waals surface area contributed by atoms with Crippen LogP contribution in [0.2, 0.25) is 0 Å². The molecule has 0 aromatic carbocycles. The van der Waals surface area contributed by atoms with Gasteiger partial charge in [0.1, 0.15) is 0 Å². The molecule has 4 nitrogen and oxygen atoms in total. The molecule has 3 aliphatic carbocycles. The number of allylic oxidation sites excluding steroid dienone is 2. The molecule has 26 heavy (non-hydrogen) atoms. The van der Waals surface area contributed by atoms with E-state index in [-0.39, 0.29) is 11.7 Å². The summed E-state index contributed by atoms with van der Waals surface area (Å²) in [6.07, 6.45) is 15.8. The molecule has 0 aromatic heterocycles. The lowest BCUT2D eigenvalue weighted by Gasteiger charge is -2.32. The van der Waals surface area contributed by atoms with Crippen molar-refractivity contribution in [3.63, 3.8) is 0 Å². The minimum absolute atomic E-state index is 0.0809. The molecule has 0 radical (unpaired) electrons. The lowest BCUT2D eigenvalue weighted by atomic mass is 9.78. The van der Waals surface area contributed by atoms with Gasteiger partial charge >= 0.3 is 5.97 Å². The van der Waals surface area contributed by atoms with E-state index in [9.17, 15) is 13.2 Å². The van der Waals surface area contributed by atoms with E-state index in [0.717, 1.165) is 38.5 Å².